The number of nitrogens with zero attached hydrogens (tertiary/aromatic N) is 1. The summed E-state index contributed by atoms with van der Waals surface area (Å²) in [6.45, 7) is 0.766. The van der Waals surface area contributed by atoms with Crippen molar-refractivity contribution in [2.24, 2.45) is 0 Å². The Labute approximate surface area is 131 Å². The lowest BCUT2D eigenvalue weighted by molar-refractivity contribution is 0.237. The van der Waals surface area contributed by atoms with Crippen LogP contribution in [0.4, 0.5) is 0 Å². The Morgan fingerprint density at radius 3 is 2.29 bits per heavy atom. The summed E-state index contributed by atoms with van der Waals surface area (Å²) in [5.41, 5.74) is 2.77. The molecule has 21 heavy (non-hydrogen) atoms. The van der Waals surface area contributed by atoms with Gasteiger partial charge >= 0.3 is 0 Å². The van der Waals surface area contributed by atoms with Crippen molar-refractivity contribution >= 4 is 17.2 Å². The van der Waals surface area contributed by atoms with E-state index in [9.17, 15) is 5.11 Å². The molecule has 0 fully saturated rings. The van der Waals surface area contributed by atoms with Crippen LogP contribution in [0.2, 0.25) is 5.02 Å². The highest BCUT2D eigenvalue weighted by atomic mass is 35.5. The van der Waals surface area contributed by atoms with Gasteiger partial charge in [-0.25, -0.2) is 0 Å². The van der Waals surface area contributed by atoms with Gasteiger partial charge in [-0.3, -0.25) is 0 Å². The maximum Gasteiger partial charge on any atom is 0.104 e. The summed E-state index contributed by atoms with van der Waals surface area (Å²) in [5, 5.41) is 11.4. The summed E-state index contributed by atoms with van der Waals surface area (Å²) in [6, 6.07) is 17.3. The average Bonchev–Trinajstić information content (AvgIpc) is 2.49. The van der Waals surface area contributed by atoms with Crippen molar-refractivity contribution in [3.05, 3.63) is 76.8 Å². The van der Waals surface area contributed by atoms with Crippen molar-refractivity contribution in [1.82, 2.24) is 4.90 Å². The molecular formula is C18H20ClNO. The number of halogens is 1. The van der Waals surface area contributed by atoms with Gasteiger partial charge in [0.1, 0.15) is 6.10 Å². The summed E-state index contributed by atoms with van der Waals surface area (Å²) < 4.78 is 0. The molecule has 0 aliphatic carbocycles. The third-order valence-electron chi connectivity index (χ3n) is 3.26. The Kier molecular flexibility index (Phi) is 5.57. The fraction of sp³-hybridized carbons (Fsp3) is 0.222. The molecule has 3 heteroatoms. The van der Waals surface area contributed by atoms with Crippen LogP contribution in [0.15, 0.2) is 60.7 Å². The van der Waals surface area contributed by atoms with Crippen LogP contribution >= 0.6 is 11.6 Å². The Hall–Kier alpha value is -1.61. The van der Waals surface area contributed by atoms with E-state index >= 15 is 0 Å². The van der Waals surface area contributed by atoms with Crippen LogP contribution in [0.1, 0.15) is 17.2 Å². The molecule has 1 atom stereocenters. The maximum absolute atomic E-state index is 10.7. The Bertz CT molecular complexity index is 590. The minimum Gasteiger partial charge on any atom is -0.384 e. The first-order chi connectivity index (χ1) is 10.1. The molecule has 2 aromatic rings. The molecule has 0 aliphatic rings. The highest BCUT2D eigenvalue weighted by Gasteiger charge is 2.15. The SMILES string of the molecule is CN(C)CC=C(c1ccc(Cl)cc1)C(O)c1ccccc1. The summed E-state index contributed by atoms with van der Waals surface area (Å²) in [5.74, 6) is 0. The molecule has 2 nitrogen and oxygen atoms in total. The Morgan fingerprint density at radius 2 is 1.71 bits per heavy atom. The first-order valence-corrected chi connectivity index (χ1v) is 7.29. The number of aliphatic hydroxyl groups is 1. The molecule has 0 saturated heterocycles. The van der Waals surface area contributed by atoms with Gasteiger partial charge in [0.05, 0.1) is 0 Å². The van der Waals surface area contributed by atoms with Gasteiger partial charge in [-0.05, 0) is 42.9 Å². The van der Waals surface area contributed by atoms with E-state index < -0.39 is 6.10 Å². The molecular weight excluding hydrogens is 282 g/mol. The van der Waals surface area contributed by atoms with Gasteiger partial charge in [-0.1, -0.05) is 60.1 Å². The third kappa shape index (κ3) is 4.43. The zero-order valence-electron chi connectivity index (χ0n) is 12.3. The van der Waals surface area contributed by atoms with Crippen LogP contribution in [0.3, 0.4) is 0 Å². The molecule has 0 aromatic heterocycles. The molecule has 0 aliphatic heterocycles. The number of benzene rings is 2. The fourth-order valence-corrected chi connectivity index (χ4v) is 2.25. The third-order valence-corrected chi connectivity index (χ3v) is 3.52. The van der Waals surface area contributed by atoms with E-state index in [4.69, 9.17) is 11.6 Å². The monoisotopic (exact) mass is 301 g/mol. The predicted octanol–water partition coefficient (Wildman–Crippen LogP) is 4.02. The number of likely N-dealkylation sites (N-methyl/N-ethyl adjacent to an activating group) is 1. The van der Waals surface area contributed by atoms with Gasteiger partial charge < -0.3 is 10.0 Å². The van der Waals surface area contributed by atoms with E-state index in [1.807, 2.05) is 68.7 Å². The minimum atomic E-state index is -0.646. The number of aliphatic hydroxyl groups excluding tert-OH is 1. The first-order valence-electron chi connectivity index (χ1n) is 6.91. The Balaban J connectivity index is 2.36. The second-order valence-electron chi connectivity index (χ2n) is 5.24. The van der Waals surface area contributed by atoms with Crippen molar-refractivity contribution in [2.75, 3.05) is 20.6 Å². The van der Waals surface area contributed by atoms with E-state index in [2.05, 4.69) is 11.0 Å². The van der Waals surface area contributed by atoms with Crippen LogP contribution in [-0.4, -0.2) is 30.6 Å². The van der Waals surface area contributed by atoms with E-state index in [0.717, 1.165) is 23.2 Å². The smallest absolute Gasteiger partial charge is 0.104 e. The van der Waals surface area contributed by atoms with Gasteiger partial charge in [0, 0.05) is 11.6 Å². The van der Waals surface area contributed by atoms with Gasteiger partial charge in [0.25, 0.3) is 0 Å². The van der Waals surface area contributed by atoms with Gasteiger partial charge in [-0.15, -0.1) is 0 Å². The zero-order valence-corrected chi connectivity index (χ0v) is 13.1. The number of rotatable bonds is 5. The lowest BCUT2D eigenvalue weighted by atomic mass is 9.95. The highest BCUT2D eigenvalue weighted by Crippen LogP contribution is 2.30. The van der Waals surface area contributed by atoms with Crippen LogP contribution in [0, 0.1) is 0 Å². The molecule has 0 heterocycles. The fourth-order valence-electron chi connectivity index (χ4n) is 2.13. The van der Waals surface area contributed by atoms with E-state index in [1.54, 1.807) is 0 Å². The average molecular weight is 302 g/mol. The van der Waals surface area contributed by atoms with Gasteiger partial charge in [-0.2, -0.15) is 0 Å². The lowest BCUT2D eigenvalue weighted by Crippen LogP contribution is -2.12. The van der Waals surface area contributed by atoms with Gasteiger partial charge in [0.2, 0.25) is 0 Å². The largest absolute Gasteiger partial charge is 0.384 e. The quantitative estimate of drug-likeness (QED) is 0.901. The standard InChI is InChI=1S/C18H20ClNO/c1-20(2)13-12-17(14-8-10-16(19)11-9-14)18(21)15-6-4-3-5-7-15/h3-12,18,21H,13H2,1-2H3. The van der Waals surface area contributed by atoms with Crippen LogP contribution in [-0.2, 0) is 0 Å². The van der Waals surface area contributed by atoms with E-state index in [0.29, 0.717) is 5.02 Å². The normalized spacial score (nSPS) is 13.5. The summed E-state index contributed by atoms with van der Waals surface area (Å²) in [6.07, 6.45) is 1.41. The van der Waals surface area contributed by atoms with Crippen molar-refractivity contribution in [1.29, 1.82) is 0 Å². The maximum atomic E-state index is 10.7. The number of hydrogen-bond acceptors (Lipinski definition) is 2. The topological polar surface area (TPSA) is 23.5 Å². The molecule has 1 N–H and O–H groups in total. The summed E-state index contributed by atoms with van der Waals surface area (Å²) >= 11 is 5.95. The van der Waals surface area contributed by atoms with Crippen molar-refractivity contribution in [2.45, 2.75) is 6.10 Å². The lowest BCUT2D eigenvalue weighted by Gasteiger charge is -2.17. The highest BCUT2D eigenvalue weighted by molar-refractivity contribution is 6.30. The molecule has 2 aromatic carbocycles. The second-order valence-corrected chi connectivity index (χ2v) is 5.68. The van der Waals surface area contributed by atoms with Crippen molar-refractivity contribution < 1.29 is 5.11 Å². The minimum absolute atomic E-state index is 0.646. The van der Waals surface area contributed by atoms with Crippen LogP contribution in [0.25, 0.3) is 5.57 Å². The molecule has 110 valence electrons. The van der Waals surface area contributed by atoms with Crippen LogP contribution in [0.5, 0.6) is 0 Å². The second kappa shape index (κ2) is 7.41. The predicted molar refractivity (Wildman–Crippen MR) is 89.4 cm³/mol. The molecule has 2 rings (SSSR count). The summed E-state index contributed by atoms with van der Waals surface area (Å²) in [4.78, 5) is 2.06. The summed E-state index contributed by atoms with van der Waals surface area (Å²) in [7, 11) is 4.01. The molecule has 0 amide bonds. The molecule has 0 spiro atoms. The molecule has 1 unspecified atom stereocenters. The molecule has 0 saturated carbocycles. The Morgan fingerprint density at radius 1 is 1.10 bits per heavy atom. The van der Waals surface area contributed by atoms with E-state index in [1.165, 1.54) is 0 Å². The molecule has 0 radical (unpaired) electrons. The zero-order chi connectivity index (χ0) is 15.2. The first kappa shape index (κ1) is 15.8. The van der Waals surface area contributed by atoms with E-state index in [-0.39, 0.29) is 0 Å². The number of hydrogen-bond donors (Lipinski definition) is 1. The molecule has 0 bridgehead atoms. The van der Waals surface area contributed by atoms with Crippen molar-refractivity contribution in [3.8, 4) is 0 Å². The van der Waals surface area contributed by atoms with Gasteiger partial charge in [0.15, 0.2) is 0 Å². The van der Waals surface area contributed by atoms with Crippen molar-refractivity contribution in [3.63, 3.8) is 0 Å². The van der Waals surface area contributed by atoms with Crippen LogP contribution < -0.4 is 0 Å².